The summed E-state index contributed by atoms with van der Waals surface area (Å²) in [6, 6.07) is 12.8. The highest BCUT2D eigenvalue weighted by atomic mass is 19.1. The van der Waals surface area contributed by atoms with Crippen molar-refractivity contribution in [3.8, 4) is 0 Å². The Bertz CT molecular complexity index is 758. The number of benzene rings is 2. The van der Waals surface area contributed by atoms with E-state index < -0.39 is 23.8 Å². The third-order valence-electron chi connectivity index (χ3n) is 4.02. The highest BCUT2D eigenvalue weighted by Gasteiger charge is 2.20. The SMILES string of the molecule is CCN(CC)c1ccc(C(=O)O[C@@H](C)C(=O)Nc2ccccc2F)cc1. The van der Waals surface area contributed by atoms with Crippen LogP contribution in [0.1, 0.15) is 31.1 Å². The largest absolute Gasteiger partial charge is 0.449 e. The fourth-order valence-corrected chi connectivity index (χ4v) is 2.48. The summed E-state index contributed by atoms with van der Waals surface area (Å²) in [5.74, 6) is -1.75. The van der Waals surface area contributed by atoms with Gasteiger partial charge in [-0.1, -0.05) is 12.1 Å². The van der Waals surface area contributed by atoms with Gasteiger partial charge < -0.3 is 15.0 Å². The van der Waals surface area contributed by atoms with E-state index in [1.165, 1.54) is 25.1 Å². The second kappa shape index (κ2) is 8.99. The van der Waals surface area contributed by atoms with Gasteiger partial charge in [-0.15, -0.1) is 0 Å². The molecule has 0 heterocycles. The number of esters is 1. The van der Waals surface area contributed by atoms with E-state index in [4.69, 9.17) is 4.74 Å². The molecule has 1 atom stereocenters. The molecular weight excluding hydrogens is 335 g/mol. The predicted octanol–water partition coefficient (Wildman–Crippen LogP) is 3.86. The second-order valence-electron chi connectivity index (χ2n) is 5.74. The van der Waals surface area contributed by atoms with Gasteiger partial charge in [0.25, 0.3) is 5.91 Å². The van der Waals surface area contributed by atoms with Crippen LogP contribution in [0.3, 0.4) is 0 Å². The minimum Gasteiger partial charge on any atom is -0.449 e. The molecule has 2 aromatic rings. The van der Waals surface area contributed by atoms with E-state index in [2.05, 4.69) is 24.1 Å². The van der Waals surface area contributed by atoms with Crippen molar-refractivity contribution in [2.75, 3.05) is 23.3 Å². The Balaban J connectivity index is 1.98. The van der Waals surface area contributed by atoms with E-state index >= 15 is 0 Å². The van der Waals surface area contributed by atoms with Crippen molar-refractivity contribution in [3.63, 3.8) is 0 Å². The molecular formula is C20H23FN2O3. The first-order chi connectivity index (χ1) is 12.5. The number of nitrogens with zero attached hydrogens (tertiary/aromatic N) is 1. The van der Waals surface area contributed by atoms with Crippen molar-refractivity contribution in [3.05, 3.63) is 59.9 Å². The number of carbonyl (C=O) groups excluding carboxylic acids is 2. The van der Waals surface area contributed by atoms with Crippen LogP contribution in [0.25, 0.3) is 0 Å². The lowest BCUT2D eigenvalue weighted by Gasteiger charge is -2.21. The van der Waals surface area contributed by atoms with Gasteiger partial charge in [0.2, 0.25) is 0 Å². The number of amides is 1. The molecule has 1 amide bonds. The van der Waals surface area contributed by atoms with Gasteiger partial charge in [-0.25, -0.2) is 9.18 Å². The van der Waals surface area contributed by atoms with Crippen LogP contribution in [-0.2, 0) is 9.53 Å². The molecule has 1 N–H and O–H groups in total. The number of anilines is 2. The van der Waals surface area contributed by atoms with Gasteiger partial charge in [-0.3, -0.25) is 4.79 Å². The molecule has 5 nitrogen and oxygen atoms in total. The molecule has 138 valence electrons. The minimum absolute atomic E-state index is 0.0453. The van der Waals surface area contributed by atoms with Crippen LogP contribution in [-0.4, -0.2) is 31.1 Å². The van der Waals surface area contributed by atoms with E-state index in [9.17, 15) is 14.0 Å². The zero-order chi connectivity index (χ0) is 19.1. The molecule has 0 radical (unpaired) electrons. The fraction of sp³-hybridized carbons (Fsp3) is 0.300. The van der Waals surface area contributed by atoms with Gasteiger partial charge in [0.15, 0.2) is 6.10 Å². The van der Waals surface area contributed by atoms with Crippen LogP contribution in [0.5, 0.6) is 0 Å². The van der Waals surface area contributed by atoms with Crippen LogP contribution in [0, 0.1) is 5.82 Å². The number of para-hydroxylation sites is 1. The maximum absolute atomic E-state index is 13.6. The van der Waals surface area contributed by atoms with E-state index in [-0.39, 0.29) is 5.69 Å². The van der Waals surface area contributed by atoms with E-state index in [1.54, 1.807) is 18.2 Å². The third-order valence-corrected chi connectivity index (χ3v) is 4.02. The van der Waals surface area contributed by atoms with Gasteiger partial charge in [0.05, 0.1) is 11.3 Å². The van der Waals surface area contributed by atoms with Crippen LogP contribution in [0.2, 0.25) is 0 Å². The zero-order valence-corrected chi connectivity index (χ0v) is 15.2. The lowest BCUT2D eigenvalue weighted by Crippen LogP contribution is -2.30. The van der Waals surface area contributed by atoms with E-state index in [0.29, 0.717) is 5.56 Å². The minimum atomic E-state index is -1.05. The fourth-order valence-electron chi connectivity index (χ4n) is 2.48. The molecule has 0 saturated carbocycles. The van der Waals surface area contributed by atoms with Crippen molar-refractivity contribution in [2.24, 2.45) is 0 Å². The second-order valence-corrected chi connectivity index (χ2v) is 5.74. The van der Waals surface area contributed by atoms with Crippen molar-refractivity contribution >= 4 is 23.3 Å². The molecule has 2 rings (SSSR count). The molecule has 0 spiro atoms. The summed E-state index contributed by atoms with van der Waals surface area (Å²) >= 11 is 0. The summed E-state index contributed by atoms with van der Waals surface area (Å²) in [5, 5.41) is 2.41. The molecule has 0 saturated heterocycles. The summed E-state index contributed by atoms with van der Waals surface area (Å²) in [4.78, 5) is 26.5. The molecule has 6 heteroatoms. The zero-order valence-electron chi connectivity index (χ0n) is 15.2. The maximum atomic E-state index is 13.6. The van der Waals surface area contributed by atoms with Crippen molar-refractivity contribution in [2.45, 2.75) is 26.9 Å². The van der Waals surface area contributed by atoms with Crippen LogP contribution >= 0.6 is 0 Å². The van der Waals surface area contributed by atoms with E-state index in [0.717, 1.165) is 18.8 Å². The summed E-state index contributed by atoms with van der Waals surface area (Å²) < 4.78 is 18.8. The standard InChI is InChI=1S/C20H23FN2O3/c1-4-23(5-2)16-12-10-15(11-13-16)20(25)26-14(3)19(24)22-18-9-7-6-8-17(18)21/h6-14H,4-5H2,1-3H3,(H,22,24)/t14-/m0/s1. The molecule has 0 fully saturated rings. The number of hydrogen-bond donors (Lipinski definition) is 1. The van der Waals surface area contributed by atoms with Crippen molar-refractivity contribution in [1.82, 2.24) is 0 Å². The highest BCUT2D eigenvalue weighted by molar-refractivity contribution is 5.97. The summed E-state index contributed by atoms with van der Waals surface area (Å²) in [7, 11) is 0. The first kappa shape index (κ1) is 19.4. The first-order valence-corrected chi connectivity index (χ1v) is 8.57. The van der Waals surface area contributed by atoms with Gasteiger partial charge in [0.1, 0.15) is 5.82 Å². The van der Waals surface area contributed by atoms with Crippen LogP contribution < -0.4 is 10.2 Å². The van der Waals surface area contributed by atoms with Crippen molar-refractivity contribution in [1.29, 1.82) is 0 Å². The Kier molecular flexibility index (Phi) is 6.72. The maximum Gasteiger partial charge on any atom is 0.338 e. The summed E-state index contributed by atoms with van der Waals surface area (Å²) in [5.41, 5.74) is 1.41. The highest BCUT2D eigenvalue weighted by Crippen LogP contribution is 2.17. The Labute approximate surface area is 152 Å². The average Bonchev–Trinajstić information content (AvgIpc) is 2.65. The van der Waals surface area contributed by atoms with Crippen LogP contribution in [0.15, 0.2) is 48.5 Å². The van der Waals surface area contributed by atoms with Crippen molar-refractivity contribution < 1.29 is 18.7 Å². The number of nitrogens with one attached hydrogen (secondary N) is 1. The number of carbonyl (C=O) groups is 2. The topological polar surface area (TPSA) is 58.6 Å². The Morgan fingerprint density at radius 2 is 1.69 bits per heavy atom. The van der Waals surface area contributed by atoms with Gasteiger partial charge in [0, 0.05) is 18.8 Å². The quantitative estimate of drug-likeness (QED) is 0.764. The molecule has 0 aliphatic heterocycles. The number of hydrogen-bond acceptors (Lipinski definition) is 4. The lowest BCUT2D eigenvalue weighted by molar-refractivity contribution is -0.123. The summed E-state index contributed by atoms with van der Waals surface area (Å²) in [6.45, 7) is 7.29. The van der Waals surface area contributed by atoms with Gasteiger partial charge in [-0.2, -0.15) is 0 Å². The summed E-state index contributed by atoms with van der Waals surface area (Å²) in [6.07, 6.45) is -1.05. The predicted molar refractivity (Wildman–Crippen MR) is 99.9 cm³/mol. The number of halogens is 1. The molecule has 0 aliphatic carbocycles. The Morgan fingerprint density at radius 1 is 1.08 bits per heavy atom. The van der Waals surface area contributed by atoms with E-state index in [1.807, 2.05) is 12.1 Å². The first-order valence-electron chi connectivity index (χ1n) is 8.57. The normalized spacial score (nSPS) is 11.5. The molecule has 2 aromatic carbocycles. The van der Waals surface area contributed by atoms with Crippen LogP contribution in [0.4, 0.5) is 15.8 Å². The Morgan fingerprint density at radius 3 is 2.27 bits per heavy atom. The molecule has 0 unspecified atom stereocenters. The smallest absolute Gasteiger partial charge is 0.338 e. The molecule has 0 aliphatic rings. The lowest BCUT2D eigenvalue weighted by atomic mass is 10.2. The molecule has 0 aromatic heterocycles. The van der Waals surface area contributed by atoms with Gasteiger partial charge in [-0.05, 0) is 57.2 Å². The Hall–Kier alpha value is -2.89. The third kappa shape index (κ3) is 4.81. The molecule has 26 heavy (non-hydrogen) atoms. The van der Waals surface area contributed by atoms with Gasteiger partial charge >= 0.3 is 5.97 Å². The number of rotatable bonds is 7. The monoisotopic (exact) mass is 358 g/mol. The average molecular weight is 358 g/mol. The number of ether oxygens (including phenoxy) is 1. The molecule has 0 bridgehead atoms.